The molecule has 1 saturated carbocycles. The Labute approximate surface area is 199 Å². The van der Waals surface area contributed by atoms with E-state index in [1.165, 1.54) is 42.3 Å². The highest BCUT2D eigenvalue weighted by atomic mass is 16.6. The largest absolute Gasteiger partial charge is 0.362 e. The number of anilines is 2. The van der Waals surface area contributed by atoms with Crippen molar-refractivity contribution in [3.8, 4) is 0 Å². The van der Waals surface area contributed by atoms with Crippen molar-refractivity contribution in [1.82, 2.24) is 15.3 Å². The summed E-state index contributed by atoms with van der Waals surface area (Å²) in [4.78, 5) is 34.7. The summed E-state index contributed by atoms with van der Waals surface area (Å²) in [6, 6.07) is 6.74. The van der Waals surface area contributed by atoms with E-state index in [2.05, 4.69) is 15.5 Å². The fourth-order valence-electron chi connectivity index (χ4n) is 4.78. The second-order valence-corrected chi connectivity index (χ2v) is 9.25. The third-order valence-electron chi connectivity index (χ3n) is 6.54. The zero-order valence-corrected chi connectivity index (χ0v) is 19.8. The summed E-state index contributed by atoms with van der Waals surface area (Å²) in [5, 5.41) is 17.7. The van der Waals surface area contributed by atoms with Gasteiger partial charge in [0.15, 0.2) is 0 Å². The van der Waals surface area contributed by atoms with Gasteiger partial charge in [-0.2, -0.15) is 4.98 Å². The van der Waals surface area contributed by atoms with Crippen LogP contribution in [0.2, 0.25) is 0 Å². The quantitative estimate of drug-likeness (QED) is 0.363. The van der Waals surface area contributed by atoms with Crippen LogP contribution in [0.25, 0.3) is 6.08 Å². The Morgan fingerprint density at radius 2 is 1.79 bits per heavy atom. The van der Waals surface area contributed by atoms with Gasteiger partial charge in [0, 0.05) is 43.9 Å². The third-order valence-corrected chi connectivity index (χ3v) is 6.54. The smallest absolute Gasteiger partial charge is 0.276 e. The lowest BCUT2D eigenvalue weighted by molar-refractivity contribution is -0.385. The van der Waals surface area contributed by atoms with Crippen LogP contribution < -0.4 is 15.5 Å². The first-order chi connectivity index (χ1) is 16.4. The Hall–Kier alpha value is -3.49. The Balaban J connectivity index is 1.31. The van der Waals surface area contributed by atoms with E-state index in [-0.39, 0.29) is 23.7 Å². The predicted octanol–water partition coefficient (Wildman–Crippen LogP) is 3.88. The molecule has 0 bridgehead atoms. The van der Waals surface area contributed by atoms with Crippen molar-refractivity contribution in [2.75, 3.05) is 24.3 Å². The number of amides is 1. The number of benzene rings is 1. The maximum Gasteiger partial charge on any atom is 0.276 e. The number of nitrogens with zero attached hydrogens (tertiary/aromatic N) is 4. The summed E-state index contributed by atoms with van der Waals surface area (Å²) in [5.41, 5.74) is 2.85. The second-order valence-electron chi connectivity index (χ2n) is 9.25. The van der Waals surface area contributed by atoms with Crippen LogP contribution in [0.3, 0.4) is 0 Å². The number of carbonyl (C=O) groups is 1. The monoisotopic (exact) mass is 464 g/mol. The van der Waals surface area contributed by atoms with E-state index >= 15 is 0 Å². The molecule has 0 radical (unpaired) electrons. The summed E-state index contributed by atoms with van der Waals surface area (Å²) in [6.07, 6.45) is 10.8. The average molecular weight is 465 g/mol. The lowest BCUT2D eigenvalue weighted by Crippen LogP contribution is -2.39. The minimum absolute atomic E-state index is 0.0139. The fourth-order valence-corrected chi connectivity index (χ4v) is 4.78. The van der Waals surface area contributed by atoms with Gasteiger partial charge in [0.2, 0.25) is 11.9 Å². The van der Waals surface area contributed by atoms with E-state index in [1.807, 2.05) is 14.1 Å². The molecule has 0 saturated heterocycles. The van der Waals surface area contributed by atoms with E-state index < -0.39 is 4.92 Å². The maximum absolute atomic E-state index is 12.4. The fraction of sp³-hybridized carbons (Fsp3) is 0.480. The number of rotatable bonds is 7. The van der Waals surface area contributed by atoms with E-state index in [0.29, 0.717) is 11.5 Å². The summed E-state index contributed by atoms with van der Waals surface area (Å²) in [5.74, 6) is 1.48. The Kier molecular flexibility index (Phi) is 7.40. The lowest BCUT2D eigenvalue weighted by atomic mass is 9.91. The van der Waals surface area contributed by atoms with Crippen molar-refractivity contribution < 1.29 is 9.72 Å². The third kappa shape index (κ3) is 5.70. The summed E-state index contributed by atoms with van der Waals surface area (Å²) in [7, 11) is 4.05. The number of fused-ring (bicyclic) bond motifs is 1. The number of para-hydroxylation sites is 1. The molecule has 0 spiro atoms. The highest BCUT2D eigenvalue weighted by Crippen LogP contribution is 2.29. The molecule has 9 nitrogen and oxygen atoms in total. The van der Waals surface area contributed by atoms with E-state index in [9.17, 15) is 14.9 Å². The van der Waals surface area contributed by atoms with Gasteiger partial charge in [0.25, 0.3) is 5.69 Å². The number of nitrogens with one attached hydrogen (secondary N) is 2. The topological polar surface area (TPSA) is 113 Å². The van der Waals surface area contributed by atoms with Gasteiger partial charge in [-0.05, 0) is 63.5 Å². The van der Waals surface area contributed by atoms with Crippen molar-refractivity contribution in [2.45, 2.75) is 63.5 Å². The highest BCUT2D eigenvalue weighted by molar-refractivity contribution is 5.92. The number of nitro groups is 1. The minimum atomic E-state index is -0.445. The Morgan fingerprint density at radius 3 is 2.53 bits per heavy atom. The van der Waals surface area contributed by atoms with Gasteiger partial charge in [-0.25, -0.2) is 4.98 Å². The van der Waals surface area contributed by atoms with Gasteiger partial charge in [-0.3, -0.25) is 14.9 Å². The molecular weight excluding hydrogens is 432 g/mol. The van der Waals surface area contributed by atoms with Gasteiger partial charge in [0.05, 0.1) is 16.2 Å². The number of hydrogen-bond donors (Lipinski definition) is 2. The van der Waals surface area contributed by atoms with E-state index in [0.717, 1.165) is 44.3 Å². The van der Waals surface area contributed by atoms with Gasteiger partial charge >= 0.3 is 0 Å². The van der Waals surface area contributed by atoms with E-state index in [4.69, 9.17) is 9.97 Å². The zero-order chi connectivity index (χ0) is 24.1. The van der Waals surface area contributed by atoms with Crippen LogP contribution in [-0.2, 0) is 17.6 Å². The van der Waals surface area contributed by atoms with Crippen LogP contribution in [-0.4, -0.2) is 47.0 Å². The SMILES string of the molecule is CN(C)c1nc(NC2CCC(NC(=O)C=Cc3ccccc3[N+](=O)[O-])CC2)nc2c1CCCC2. The molecule has 2 aromatic rings. The molecule has 0 unspecified atom stereocenters. The molecule has 0 aliphatic heterocycles. The molecule has 2 aliphatic carbocycles. The molecule has 1 heterocycles. The van der Waals surface area contributed by atoms with Crippen LogP contribution in [0.4, 0.5) is 17.5 Å². The summed E-state index contributed by atoms with van der Waals surface area (Å²) >= 11 is 0. The van der Waals surface area contributed by atoms with Crippen LogP contribution in [0, 0.1) is 10.1 Å². The number of nitro benzene ring substituents is 1. The van der Waals surface area contributed by atoms with Crippen LogP contribution in [0.5, 0.6) is 0 Å². The van der Waals surface area contributed by atoms with Crippen molar-refractivity contribution >= 4 is 29.4 Å². The lowest BCUT2D eigenvalue weighted by Gasteiger charge is -2.30. The molecule has 2 aliphatic rings. The molecule has 2 N–H and O–H groups in total. The Morgan fingerprint density at radius 1 is 1.09 bits per heavy atom. The maximum atomic E-state index is 12.4. The molecule has 0 atom stereocenters. The van der Waals surface area contributed by atoms with Crippen LogP contribution in [0.1, 0.15) is 55.3 Å². The first-order valence-corrected chi connectivity index (χ1v) is 12.0. The first kappa shape index (κ1) is 23.7. The molecule has 34 heavy (non-hydrogen) atoms. The van der Waals surface area contributed by atoms with Gasteiger partial charge in [-0.1, -0.05) is 12.1 Å². The molecule has 1 aromatic heterocycles. The summed E-state index contributed by atoms with van der Waals surface area (Å²) < 4.78 is 0. The molecule has 1 amide bonds. The van der Waals surface area contributed by atoms with Crippen molar-refractivity contribution in [1.29, 1.82) is 0 Å². The zero-order valence-electron chi connectivity index (χ0n) is 19.8. The van der Waals surface area contributed by atoms with Gasteiger partial charge in [-0.15, -0.1) is 0 Å². The van der Waals surface area contributed by atoms with Crippen molar-refractivity contribution in [3.63, 3.8) is 0 Å². The predicted molar refractivity (Wildman–Crippen MR) is 133 cm³/mol. The molecule has 1 fully saturated rings. The Bertz CT molecular complexity index is 1080. The number of aromatic nitrogens is 2. The first-order valence-electron chi connectivity index (χ1n) is 12.0. The number of aryl methyl sites for hydroxylation is 1. The van der Waals surface area contributed by atoms with Crippen LogP contribution >= 0.6 is 0 Å². The number of hydrogen-bond acceptors (Lipinski definition) is 7. The number of carbonyl (C=O) groups excluding carboxylic acids is 1. The molecule has 4 rings (SSSR count). The minimum Gasteiger partial charge on any atom is -0.362 e. The van der Waals surface area contributed by atoms with Crippen molar-refractivity contribution in [2.24, 2.45) is 0 Å². The normalized spacial score (nSPS) is 19.9. The van der Waals surface area contributed by atoms with Crippen molar-refractivity contribution in [3.05, 3.63) is 57.3 Å². The van der Waals surface area contributed by atoms with Crippen LogP contribution in [0.15, 0.2) is 30.3 Å². The molecule has 1 aromatic carbocycles. The molecular formula is C25H32N6O3. The van der Waals surface area contributed by atoms with Gasteiger partial charge in [0.1, 0.15) is 5.82 Å². The molecule has 9 heteroatoms. The van der Waals surface area contributed by atoms with E-state index in [1.54, 1.807) is 18.2 Å². The van der Waals surface area contributed by atoms with Gasteiger partial charge < -0.3 is 15.5 Å². The summed E-state index contributed by atoms with van der Waals surface area (Å²) in [6.45, 7) is 0. The molecule has 180 valence electrons. The standard InChI is InChI=1S/C25H32N6O3/c1-30(2)24-20-8-4-5-9-21(20)28-25(29-24)27-19-14-12-18(13-15-19)26-23(32)16-11-17-7-3-6-10-22(17)31(33)34/h3,6-7,10-11,16,18-19H,4-5,8-9,12-15H2,1-2H3,(H,26,32)(H,27,28,29). The highest BCUT2D eigenvalue weighted by Gasteiger charge is 2.24. The second kappa shape index (κ2) is 10.6. The average Bonchev–Trinajstić information content (AvgIpc) is 2.83.